The Bertz CT molecular complexity index is 1580. The second-order valence-electron chi connectivity index (χ2n) is 10.5. The Morgan fingerprint density at radius 2 is 1.71 bits per heavy atom. The zero-order chi connectivity index (χ0) is 29.8. The summed E-state index contributed by atoms with van der Waals surface area (Å²) < 4.78 is 18.5. The third-order valence-electron chi connectivity index (χ3n) is 7.15. The third kappa shape index (κ3) is 6.85. The first-order valence-electron chi connectivity index (χ1n) is 13.7. The van der Waals surface area contributed by atoms with Gasteiger partial charge in [0.25, 0.3) is 5.91 Å². The summed E-state index contributed by atoms with van der Waals surface area (Å²) in [5.74, 6) is 0.586. The maximum absolute atomic E-state index is 13.2. The number of esters is 1. The molecule has 1 heterocycles. The molecular formula is C33H37ClN2O5. The molecule has 3 aromatic carbocycles. The van der Waals surface area contributed by atoms with E-state index in [1.807, 2.05) is 75.4 Å². The second-order valence-corrected chi connectivity index (χ2v) is 10.9. The van der Waals surface area contributed by atoms with Crippen LogP contribution < -0.4 is 14.8 Å². The van der Waals surface area contributed by atoms with Gasteiger partial charge in [-0.1, -0.05) is 29.8 Å². The number of nitrogens with one attached hydrogen (secondary N) is 1. The minimum atomic E-state index is -0.784. The fraction of sp³-hybridized carbons (Fsp3) is 0.333. The summed E-state index contributed by atoms with van der Waals surface area (Å²) in [5.41, 5.74) is 5.74. The average molecular weight is 577 g/mol. The minimum absolute atomic E-state index is 0.0752. The van der Waals surface area contributed by atoms with Gasteiger partial charge in [-0.3, -0.25) is 4.79 Å². The Labute approximate surface area is 246 Å². The van der Waals surface area contributed by atoms with Crippen LogP contribution in [-0.4, -0.2) is 35.8 Å². The Morgan fingerprint density at radius 3 is 2.41 bits per heavy atom. The molecule has 41 heavy (non-hydrogen) atoms. The van der Waals surface area contributed by atoms with Crippen LogP contribution >= 0.6 is 11.6 Å². The van der Waals surface area contributed by atoms with Gasteiger partial charge in [-0.25, -0.2) is 4.79 Å². The Morgan fingerprint density at radius 1 is 0.951 bits per heavy atom. The summed E-state index contributed by atoms with van der Waals surface area (Å²) in [6.45, 7) is 12.2. The zero-order valence-corrected chi connectivity index (χ0v) is 25.3. The van der Waals surface area contributed by atoms with E-state index < -0.39 is 12.1 Å². The van der Waals surface area contributed by atoms with Crippen molar-refractivity contribution in [2.24, 2.45) is 0 Å². The highest BCUT2D eigenvalue weighted by molar-refractivity contribution is 6.32. The van der Waals surface area contributed by atoms with Gasteiger partial charge in [-0.2, -0.15) is 0 Å². The first-order valence-corrected chi connectivity index (χ1v) is 14.1. The van der Waals surface area contributed by atoms with Gasteiger partial charge in [0, 0.05) is 28.7 Å². The number of carbonyl (C=O) groups is 2. The summed E-state index contributed by atoms with van der Waals surface area (Å²) in [4.78, 5) is 25.1. The summed E-state index contributed by atoms with van der Waals surface area (Å²) >= 11 is 6.34. The van der Waals surface area contributed by atoms with Gasteiger partial charge < -0.3 is 24.1 Å². The predicted molar refractivity (Wildman–Crippen MR) is 162 cm³/mol. The smallest absolute Gasteiger partial charge is 0.346 e. The molecule has 0 saturated carbocycles. The first kappa shape index (κ1) is 30.0. The summed E-state index contributed by atoms with van der Waals surface area (Å²) in [5, 5.41) is 4.55. The van der Waals surface area contributed by atoms with E-state index in [2.05, 4.69) is 23.7 Å². The number of rotatable bonds is 10. The van der Waals surface area contributed by atoms with E-state index in [0.29, 0.717) is 22.9 Å². The first-order chi connectivity index (χ1) is 19.5. The summed E-state index contributed by atoms with van der Waals surface area (Å²) in [6, 6.07) is 18.9. The number of ether oxygens (including phenoxy) is 3. The van der Waals surface area contributed by atoms with E-state index in [4.69, 9.17) is 25.8 Å². The van der Waals surface area contributed by atoms with E-state index in [0.717, 1.165) is 39.0 Å². The van der Waals surface area contributed by atoms with Crippen molar-refractivity contribution < 1.29 is 23.8 Å². The van der Waals surface area contributed by atoms with E-state index in [1.165, 1.54) is 7.11 Å². The number of carbonyl (C=O) groups excluding carboxylic acids is 2. The maximum Gasteiger partial charge on any atom is 0.346 e. The van der Waals surface area contributed by atoms with Crippen molar-refractivity contribution in [3.8, 4) is 11.5 Å². The van der Waals surface area contributed by atoms with Crippen LogP contribution in [0.4, 0.5) is 0 Å². The monoisotopic (exact) mass is 576 g/mol. The lowest BCUT2D eigenvalue weighted by molar-refractivity contribution is -0.147. The van der Waals surface area contributed by atoms with Crippen LogP contribution in [0.15, 0.2) is 60.7 Å². The zero-order valence-electron chi connectivity index (χ0n) is 24.6. The van der Waals surface area contributed by atoms with Crippen LogP contribution in [0.1, 0.15) is 66.5 Å². The fourth-order valence-electron chi connectivity index (χ4n) is 4.81. The molecule has 216 valence electrons. The lowest BCUT2D eigenvalue weighted by Crippen LogP contribution is -2.26. The number of hydrogen-bond donors (Lipinski definition) is 1. The number of aromatic nitrogens is 1. The number of hydrogen-bond acceptors (Lipinski definition) is 5. The van der Waals surface area contributed by atoms with Crippen LogP contribution in [0.25, 0.3) is 10.9 Å². The van der Waals surface area contributed by atoms with E-state index in [9.17, 15) is 9.59 Å². The lowest BCUT2D eigenvalue weighted by atomic mass is 10.1. The molecule has 0 spiro atoms. The van der Waals surface area contributed by atoms with Crippen molar-refractivity contribution in [1.29, 1.82) is 0 Å². The summed E-state index contributed by atoms with van der Waals surface area (Å²) in [6.07, 6.45) is -0.708. The third-order valence-corrected chi connectivity index (χ3v) is 7.46. The number of aryl methyl sites for hydroxylation is 1. The van der Waals surface area contributed by atoms with Gasteiger partial charge in [-0.05, 0) is 101 Å². The molecule has 0 fully saturated rings. The Balaban J connectivity index is 1.55. The number of halogens is 1. The maximum atomic E-state index is 13.2. The van der Waals surface area contributed by atoms with E-state index in [1.54, 1.807) is 13.0 Å². The minimum Gasteiger partial charge on any atom is -0.491 e. The predicted octanol–water partition coefficient (Wildman–Crippen LogP) is 7.18. The number of nitrogens with zero attached hydrogens (tertiary/aromatic N) is 1. The van der Waals surface area contributed by atoms with Crippen LogP contribution in [0, 0.1) is 13.8 Å². The van der Waals surface area contributed by atoms with Gasteiger partial charge >= 0.3 is 5.97 Å². The fourth-order valence-corrected chi connectivity index (χ4v) is 4.97. The van der Waals surface area contributed by atoms with Gasteiger partial charge in [0.1, 0.15) is 11.5 Å². The quantitative estimate of drug-likeness (QED) is 0.202. The molecule has 2 unspecified atom stereocenters. The molecule has 0 aliphatic heterocycles. The normalized spacial score (nSPS) is 12.7. The number of benzene rings is 3. The standard InChI is InChI=1S/C33H37ClN2O5/c1-19(2)40-27-10-8-9-25(16-27)21(4)35-32(37)26-12-14-30-28(17-26)20(3)22(5)36(30)18-24-11-13-29(34)31(15-24)41-23(6)33(38)39-7/h8-17,19,21,23H,18H2,1-7H3,(H,35,37). The van der Waals surface area contributed by atoms with Crippen molar-refractivity contribution in [2.45, 2.75) is 66.3 Å². The Hall–Kier alpha value is -3.97. The van der Waals surface area contributed by atoms with Crippen molar-refractivity contribution in [3.63, 3.8) is 0 Å². The van der Waals surface area contributed by atoms with Gasteiger partial charge in [0.2, 0.25) is 0 Å². The van der Waals surface area contributed by atoms with Crippen LogP contribution in [0.3, 0.4) is 0 Å². The molecule has 0 bridgehead atoms. The molecular weight excluding hydrogens is 540 g/mol. The van der Waals surface area contributed by atoms with Gasteiger partial charge in [-0.15, -0.1) is 0 Å². The molecule has 2 atom stereocenters. The van der Waals surface area contributed by atoms with Crippen molar-refractivity contribution in [1.82, 2.24) is 9.88 Å². The highest BCUT2D eigenvalue weighted by atomic mass is 35.5. The molecule has 8 heteroatoms. The molecule has 4 aromatic rings. The highest BCUT2D eigenvalue weighted by Gasteiger charge is 2.19. The molecule has 0 radical (unpaired) electrons. The number of methoxy groups -OCH3 is 1. The molecule has 0 saturated heterocycles. The van der Waals surface area contributed by atoms with Crippen molar-refractivity contribution >= 4 is 34.4 Å². The second kappa shape index (κ2) is 12.7. The van der Waals surface area contributed by atoms with Gasteiger partial charge in [0.05, 0.1) is 24.3 Å². The van der Waals surface area contributed by atoms with Crippen LogP contribution in [0.2, 0.25) is 5.02 Å². The lowest BCUT2D eigenvalue weighted by Gasteiger charge is -2.17. The molecule has 1 N–H and O–H groups in total. The molecule has 4 rings (SSSR count). The molecule has 1 aromatic heterocycles. The SMILES string of the molecule is COC(=O)C(C)Oc1cc(Cn2c(C)c(C)c3cc(C(=O)NC(C)c4cccc(OC(C)C)c4)ccc32)ccc1Cl. The van der Waals surface area contributed by atoms with Crippen molar-refractivity contribution in [3.05, 3.63) is 93.6 Å². The van der Waals surface area contributed by atoms with Crippen molar-refractivity contribution in [2.75, 3.05) is 7.11 Å². The summed E-state index contributed by atoms with van der Waals surface area (Å²) in [7, 11) is 1.32. The van der Waals surface area contributed by atoms with E-state index >= 15 is 0 Å². The topological polar surface area (TPSA) is 78.8 Å². The molecule has 7 nitrogen and oxygen atoms in total. The molecule has 1 amide bonds. The number of amides is 1. The number of fused-ring (bicyclic) bond motifs is 1. The molecule has 0 aliphatic rings. The highest BCUT2D eigenvalue weighted by Crippen LogP contribution is 2.31. The molecule has 0 aliphatic carbocycles. The Kier molecular flexibility index (Phi) is 9.28. The van der Waals surface area contributed by atoms with Crippen LogP contribution in [-0.2, 0) is 16.1 Å². The van der Waals surface area contributed by atoms with Crippen LogP contribution in [0.5, 0.6) is 11.5 Å². The largest absolute Gasteiger partial charge is 0.491 e. The van der Waals surface area contributed by atoms with Gasteiger partial charge in [0.15, 0.2) is 6.10 Å². The van der Waals surface area contributed by atoms with E-state index in [-0.39, 0.29) is 18.1 Å². The average Bonchev–Trinajstić information content (AvgIpc) is 3.18.